The molecule has 2 amide bonds. The van der Waals surface area contributed by atoms with E-state index in [4.69, 9.17) is 5.11 Å². The number of nitrogens with one attached hydrogen (secondary N) is 1. The van der Waals surface area contributed by atoms with E-state index in [0.29, 0.717) is 25.7 Å². The zero-order valence-corrected chi connectivity index (χ0v) is 12.3. The standard InChI is InChI=1S/C14H25N3O3/c1-3-16(11-4-5-11)7-6-15-14(20)17-8-10(2)12(9-17)13(18)19/h10-12H,3-9H2,1-2H3,(H,15,20)(H,18,19). The van der Waals surface area contributed by atoms with Crippen LogP contribution in [0, 0.1) is 11.8 Å². The summed E-state index contributed by atoms with van der Waals surface area (Å²) < 4.78 is 0. The zero-order chi connectivity index (χ0) is 14.7. The average molecular weight is 283 g/mol. The molecule has 2 unspecified atom stereocenters. The fourth-order valence-electron chi connectivity index (χ4n) is 2.91. The summed E-state index contributed by atoms with van der Waals surface area (Å²) in [4.78, 5) is 27.1. The third-order valence-corrected chi connectivity index (χ3v) is 4.36. The van der Waals surface area contributed by atoms with Crippen molar-refractivity contribution < 1.29 is 14.7 Å². The molecule has 2 atom stereocenters. The number of carboxylic acids is 1. The highest BCUT2D eigenvalue weighted by Crippen LogP contribution is 2.26. The number of likely N-dealkylation sites (tertiary alicyclic amines) is 1. The SMILES string of the molecule is CCN(CCNC(=O)N1CC(C)C(C(=O)O)C1)C1CC1. The Morgan fingerprint density at radius 2 is 2.05 bits per heavy atom. The molecule has 0 radical (unpaired) electrons. The molecule has 0 aromatic heterocycles. The van der Waals surface area contributed by atoms with Gasteiger partial charge in [0.05, 0.1) is 5.92 Å². The van der Waals surface area contributed by atoms with Crippen LogP contribution in [0.5, 0.6) is 0 Å². The predicted molar refractivity (Wildman–Crippen MR) is 75.5 cm³/mol. The molecule has 6 heteroatoms. The van der Waals surface area contributed by atoms with E-state index in [1.54, 1.807) is 4.90 Å². The van der Waals surface area contributed by atoms with Gasteiger partial charge in [-0.05, 0) is 25.3 Å². The zero-order valence-electron chi connectivity index (χ0n) is 12.3. The van der Waals surface area contributed by atoms with Crippen molar-refractivity contribution in [2.24, 2.45) is 11.8 Å². The second-order valence-electron chi connectivity index (χ2n) is 5.92. The Kier molecular flexibility index (Phi) is 4.86. The number of hydrogen-bond acceptors (Lipinski definition) is 3. The topological polar surface area (TPSA) is 72.9 Å². The Bertz CT molecular complexity index is 371. The second-order valence-corrected chi connectivity index (χ2v) is 5.92. The quantitative estimate of drug-likeness (QED) is 0.757. The van der Waals surface area contributed by atoms with Crippen LogP contribution in [0.2, 0.25) is 0 Å². The lowest BCUT2D eigenvalue weighted by Crippen LogP contribution is -2.42. The Morgan fingerprint density at radius 1 is 1.35 bits per heavy atom. The van der Waals surface area contributed by atoms with Gasteiger partial charge < -0.3 is 15.3 Å². The van der Waals surface area contributed by atoms with Gasteiger partial charge in [0.15, 0.2) is 0 Å². The molecule has 0 bridgehead atoms. The van der Waals surface area contributed by atoms with Gasteiger partial charge in [-0.15, -0.1) is 0 Å². The van der Waals surface area contributed by atoms with Crippen LogP contribution in [0.1, 0.15) is 26.7 Å². The summed E-state index contributed by atoms with van der Waals surface area (Å²) in [6.07, 6.45) is 2.54. The van der Waals surface area contributed by atoms with E-state index in [2.05, 4.69) is 17.1 Å². The van der Waals surface area contributed by atoms with E-state index in [-0.39, 0.29) is 11.9 Å². The smallest absolute Gasteiger partial charge is 0.317 e. The van der Waals surface area contributed by atoms with Gasteiger partial charge in [-0.25, -0.2) is 4.79 Å². The van der Waals surface area contributed by atoms with Crippen LogP contribution >= 0.6 is 0 Å². The molecule has 0 aromatic carbocycles. The van der Waals surface area contributed by atoms with Gasteiger partial charge in [0.25, 0.3) is 0 Å². The van der Waals surface area contributed by atoms with Crippen LogP contribution in [0.25, 0.3) is 0 Å². The largest absolute Gasteiger partial charge is 0.481 e. The van der Waals surface area contributed by atoms with E-state index in [9.17, 15) is 9.59 Å². The molecule has 2 fully saturated rings. The Balaban J connectivity index is 1.71. The normalized spacial score (nSPS) is 26.1. The van der Waals surface area contributed by atoms with E-state index in [1.165, 1.54) is 12.8 Å². The first kappa shape index (κ1) is 15.1. The second kappa shape index (κ2) is 6.43. The first-order valence-corrected chi connectivity index (χ1v) is 7.52. The number of nitrogens with zero attached hydrogens (tertiary/aromatic N) is 2. The van der Waals surface area contributed by atoms with Crippen molar-refractivity contribution in [3.05, 3.63) is 0 Å². The molecular weight excluding hydrogens is 258 g/mol. The number of carbonyl (C=O) groups excluding carboxylic acids is 1. The fraction of sp³-hybridized carbons (Fsp3) is 0.857. The number of rotatable bonds is 6. The molecule has 2 N–H and O–H groups in total. The van der Waals surface area contributed by atoms with E-state index < -0.39 is 11.9 Å². The molecule has 1 heterocycles. The first-order valence-electron chi connectivity index (χ1n) is 7.52. The lowest BCUT2D eigenvalue weighted by Gasteiger charge is -2.21. The van der Waals surface area contributed by atoms with Crippen LogP contribution < -0.4 is 5.32 Å². The van der Waals surface area contributed by atoms with Gasteiger partial charge >= 0.3 is 12.0 Å². The molecule has 2 aliphatic rings. The van der Waals surface area contributed by atoms with Crippen LogP contribution in [0.3, 0.4) is 0 Å². The average Bonchev–Trinajstić information content (AvgIpc) is 3.16. The van der Waals surface area contributed by atoms with Crippen molar-refractivity contribution in [3.8, 4) is 0 Å². The maximum Gasteiger partial charge on any atom is 0.317 e. The summed E-state index contributed by atoms with van der Waals surface area (Å²) >= 11 is 0. The molecule has 1 saturated heterocycles. The number of likely N-dealkylation sites (N-methyl/N-ethyl adjacent to an activating group) is 1. The van der Waals surface area contributed by atoms with Crippen molar-refractivity contribution in [2.75, 3.05) is 32.7 Å². The maximum absolute atomic E-state index is 12.0. The van der Waals surface area contributed by atoms with Crippen molar-refractivity contribution >= 4 is 12.0 Å². The Labute approximate surface area is 120 Å². The lowest BCUT2D eigenvalue weighted by molar-refractivity contribution is -0.142. The minimum absolute atomic E-state index is 0.0249. The number of carbonyl (C=O) groups is 2. The third-order valence-electron chi connectivity index (χ3n) is 4.36. The van der Waals surface area contributed by atoms with Gasteiger partial charge in [-0.1, -0.05) is 13.8 Å². The molecule has 20 heavy (non-hydrogen) atoms. The Hall–Kier alpha value is -1.30. The monoisotopic (exact) mass is 283 g/mol. The summed E-state index contributed by atoms with van der Waals surface area (Å²) in [6, 6.07) is 0.576. The summed E-state index contributed by atoms with van der Waals surface area (Å²) in [5.74, 6) is -1.21. The highest BCUT2D eigenvalue weighted by molar-refractivity contribution is 5.77. The maximum atomic E-state index is 12.0. The van der Waals surface area contributed by atoms with Gasteiger partial charge in [0.1, 0.15) is 0 Å². The van der Waals surface area contributed by atoms with Crippen molar-refractivity contribution in [1.82, 2.24) is 15.1 Å². The molecular formula is C14H25N3O3. The van der Waals surface area contributed by atoms with Crippen LogP contribution in [0.4, 0.5) is 4.79 Å². The molecule has 1 aliphatic carbocycles. The minimum Gasteiger partial charge on any atom is -0.481 e. The number of hydrogen-bond donors (Lipinski definition) is 2. The van der Waals surface area contributed by atoms with E-state index in [1.807, 2.05) is 6.92 Å². The van der Waals surface area contributed by atoms with Crippen LogP contribution in [-0.4, -0.2) is 65.7 Å². The number of carboxylic acid groups (broad SMARTS) is 1. The van der Waals surface area contributed by atoms with Crippen LogP contribution in [0.15, 0.2) is 0 Å². The highest BCUT2D eigenvalue weighted by atomic mass is 16.4. The van der Waals surface area contributed by atoms with Gasteiger partial charge in [0, 0.05) is 32.2 Å². The first-order chi connectivity index (χ1) is 9.52. The van der Waals surface area contributed by atoms with E-state index in [0.717, 1.165) is 13.1 Å². The number of urea groups is 1. The molecule has 0 aromatic rings. The predicted octanol–water partition coefficient (Wildman–Crippen LogP) is 0.833. The Morgan fingerprint density at radius 3 is 2.55 bits per heavy atom. The minimum atomic E-state index is -0.807. The molecule has 2 rings (SSSR count). The molecule has 1 saturated carbocycles. The number of aliphatic carboxylic acids is 1. The molecule has 1 aliphatic heterocycles. The molecule has 0 spiro atoms. The van der Waals surface area contributed by atoms with Crippen molar-refractivity contribution in [1.29, 1.82) is 0 Å². The van der Waals surface area contributed by atoms with Gasteiger partial charge in [0.2, 0.25) is 0 Å². The fourth-order valence-corrected chi connectivity index (χ4v) is 2.91. The van der Waals surface area contributed by atoms with E-state index >= 15 is 0 Å². The van der Waals surface area contributed by atoms with Gasteiger partial charge in [-0.2, -0.15) is 0 Å². The summed E-state index contributed by atoms with van der Waals surface area (Å²) in [5, 5.41) is 12.0. The molecule has 114 valence electrons. The van der Waals surface area contributed by atoms with Crippen LogP contribution in [-0.2, 0) is 4.79 Å². The summed E-state index contributed by atoms with van der Waals surface area (Å²) in [6.45, 7) is 7.40. The summed E-state index contributed by atoms with van der Waals surface area (Å²) in [7, 11) is 0. The van der Waals surface area contributed by atoms with Crippen molar-refractivity contribution in [3.63, 3.8) is 0 Å². The highest BCUT2D eigenvalue weighted by Gasteiger charge is 2.37. The third kappa shape index (κ3) is 3.62. The summed E-state index contributed by atoms with van der Waals surface area (Å²) in [5.41, 5.74) is 0. The van der Waals surface area contributed by atoms with Gasteiger partial charge in [-0.3, -0.25) is 9.69 Å². The number of amides is 2. The molecule has 6 nitrogen and oxygen atoms in total. The van der Waals surface area contributed by atoms with Crippen molar-refractivity contribution in [2.45, 2.75) is 32.7 Å². The lowest BCUT2D eigenvalue weighted by atomic mass is 9.99.